The number of rotatable bonds is 0. The van der Waals surface area contributed by atoms with Gasteiger partial charge < -0.3 is 0 Å². The molecule has 0 aliphatic heterocycles. The lowest BCUT2D eigenvalue weighted by atomic mass is 9.72. The van der Waals surface area contributed by atoms with E-state index in [4.69, 9.17) is 0 Å². The first-order valence-corrected chi connectivity index (χ1v) is 5.64. The molecule has 0 amide bonds. The summed E-state index contributed by atoms with van der Waals surface area (Å²) in [5.41, 5.74) is 0. The molecule has 0 heterocycles. The van der Waals surface area contributed by atoms with Gasteiger partial charge in [-0.05, 0) is 55.8 Å². The average Bonchev–Trinajstić information content (AvgIpc) is 2.48. The van der Waals surface area contributed by atoms with Gasteiger partial charge in [0.2, 0.25) is 0 Å². The maximum atomic E-state index is 12.7. The van der Waals surface area contributed by atoms with E-state index in [1.54, 1.807) is 0 Å². The van der Waals surface area contributed by atoms with Gasteiger partial charge in [-0.2, -0.15) is 13.2 Å². The van der Waals surface area contributed by atoms with Gasteiger partial charge in [0.15, 0.2) is 0 Å². The summed E-state index contributed by atoms with van der Waals surface area (Å²) in [6.07, 6.45) is 0.597. The van der Waals surface area contributed by atoms with E-state index in [-0.39, 0.29) is 5.92 Å². The van der Waals surface area contributed by atoms with Crippen molar-refractivity contribution in [2.24, 2.45) is 29.6 Å². The quantitative estimate of drug-likeness (QED) is 0.565. The Labute approximate surface area is 81.9 Å². The molecule has 0 radical (unpaired) electrons. The van der Waals surface area contributed by atoms with E-state index < -0.39 is 12.1 Å². The maximum absolute atomic E-state index is 12.7. The van der Waals surface area contributed by atoms with Gasteiger partial charge in [-0.3, -0.25) is 0 Å². The van der Waals surface area contributed by atoms with Crippen molar-refractivity contribution < 1.29 is 13.2 Å². The van der Waals surface area contributed by atoms with Crippen molar-refractivity contribution in [2.45, 2.75) is 38.3 Å². The summed E-state index contributed by atoms with van der Waals surface area (Å²) in [4.78, 5) is 0. The Balaban J connectivity index is 1.80. The predicted octanol–water partition coefficient (Wildman–Crippen LogP) is 3.62. The van der Waals surface area contributed by atoms with Crippen molar-refractivity contribution >= 4 is 0 Å². The van der Waals surface area contributed by atoms with E-state index in [0.29, 0.717) is 24.2 Å². The first-order valence-electron chi connectivity index (χ1n) is 5.64. The normalized spacial score (nSPS) is 51.2. The highest BCUT2D eigenvalue weighted by molar-refractivity contribution is 5.03. The summed E-state index contributed by atoms with van der Waals surface area (Å²) in [5.74, 6) is 0.800. The molecule has 80 valence electrons. The molecule has 0 N–H and O–H groups in total. The van der Waals surface area contributed by atoms with E-state index in [2.05, 4.69) is 0 Å². The zero-order valence-corrected chi connectivity index (χ0v) is 8.06. The smallest absolute Gasteiger partial charge is 0.171 e. The lowest BCUT2D eigenvalue weighted by Gasteiger charge is -2.33. The molecule has 3 aliphatic rings. The SMILES string of the molecule is FC(F)(F)[C@H]1CCC2C3CCC3CC21. The summed E-state index contributed by atoms with van der Waals surface area (Å²) in [5, 5.41) is 0. The van der Waals surface area contributed by atoms with Gasteiger partial charge in [0.05, 0.1) is 5.92 Å². The maximum Gasteiger partial charge on any atom is 0.392 e. The van der Waals surface area contributed by atoms with Crippen LogP contribution in [0, 0.1) is 29.6 Å². The molecule has 5 atom stereocenters. The predicted molar refractivity (Wildman–Crippen MR) is 46.6 cm³/mol. The van der Waals surface area contributed by atoms with E-state index in [0.717, 1.165) is 12.8 Å². The number of hydrogen-bond acceptors (Lipinski definition) is 0. The highest BCUT2D eigenvalue weighted by Gasteiger charge is 2.59. The summed E-state index contributed by atoms with van der Waals surface area (Å²) in [6, 6.07) is 0. The third-order valence-corrected chi connectivity index (χ3v) is 4.90. The fourth-order valence-corrected chi connectivity index (χ4v) is 4.18. The van der Waals surface area contributed by atoms with Crippen LogP contribution in [0.15, 0.2) is 0 Å². The highest BCUT2D eigenvalue weighted by Crippen LogP contribution is 2.62. The molecule has 3 heteroatoms. The molecule has 0 aromatic rings. The lowest BCUT2D eigenvalue weighted by molar-refractivity contribution is -0.184. The van der Waals surface area contributed by atoms with Gasteiger partial charge in [0, 0.05) is 0 Å². The minimum absolute atomic E-state index is 0.00694. The third kappa shape index (κ3) is 1.07. The van der Waals surface area contributed by atoms with Crippen LogP contribution in [-0.2, 0) is 0 Å². The summed E-state index contributed by atoms with van der Waals surface area (Å²) < 4.78 is 38.0. The number of fused-ring (bicyclic) bond motifs is 3. The van der Waals surface area contributed by atoms with Crippen LogP contribution in [0.25, 0.3) is 0 Å². The zero-order valence-electron chi connectivity index (χ0n) is 8.06. The topological polar surface area (TPSA) is 0 Å². The molecule has 0 saturated heterocycles. The number of hydrogen-bond donors (Lipinski definition) is 0. The minimum Gasteiger partial charge on any atom is -0.171 e. The number of alkyl halides is 3. The van der Waals surface area contributed by atoms with Crippen molar-refractivity contribution in [3.63, 3.8) is 0 Å². The molecule has 3 rings (SSSR count). The van der Waals surface area contributed by atoms with Crippen LogP contribution < -0.4 is 0 Å². The van der Waals surface area contributed by atoms with Gasteiger partial charge in [-0.1, -0.05) is 0 Å². The molecule has 0 bridgehead atoms. The van der Waals surface area contributed by atoms with E-state index in [9.17, 15) is 13.2 Å². The molecule has 4 unspecified atom stereocenters. The third-order valence-electron chi connectivity index (χ3n) is 4.90. The molecule has 0 nitrogen and oxygen atoms in total. The van der Waals surface area contributed by atoms with Crippen molar-refractivity contribution in [3.05, 3.63) is 0 Å². The molecular weight excluding hydrogens is 189 g/mol. The Bertz CT molecular complexity index is 245. The van der Waals surface area contributed by atoms with Crippen LogP contribution in [0.4, 0.5) is 13.2 Å². The van der Waals surface area contributed by atoms with Gasteiger partial charge in [0.25, 0.3) is 0 Å². The van der Waals surface area contributed by atoms with Crippen LogP contribution >= 0.6 is 0 Å². The van der Waals surface area contributed by atoms with Gasteiger partial charge >= 0.3 is 6.18 Å². The highest BCUT2D eigenvalue weighted by atomic mass is 19.4. The number of halogens is 3. The fraction of sp³-hybridized carbons (Fsp3) is 1.00. The van der Waals surface area contributed by atoms with Crippen molar-refractivity contribution in [3.8, 4) is 0 Å². The summed E-state index contributed by atoms with van der Waals surface area (Å²) in [7, 11) is 0. The molecule has 3 fully saturated rings. The first kappa shape index (κ1) is 9.05. The zero-order chi connectivity index (χ0) is 9.92. The molecule has 3 aliphatic carbocycles. The second-order valence-corrected chi connectivity index (χ2v) is 5.29. The molecule has 14 heavy (non-hydrogen) atoms. The van der Waals surface area contributed by atoms with E-state index >= 15 is 0 Å². The van der Waals surface area contributed by atoms with Gasteiger partial charge in [-0.25, -0.2) is 0 Å². The Morgan fingerprint density at radius 1 is 0.786 bits per heavy atom. The van der Waals surface area contributed by atoms with Crippen LogP contribution in [-0.4, -0.2) is 6.18 Å². The van der Waals surface area contributed by atoms with Crippen molar-refractivity contribution in [1.82, 2.24) is 0 Å². The van der Waals surface area contributed by atoms with Crippen molar-refractivity contribution in [2.75, 3.05) is 0 Å². The largest absolute Gasteiger partial charge is 0.392 e. The molecule has 3 saturated carbocycles. The second-order valence-electron chi connectivity index (χ2n) is 5.29. The lowest BCUT2D eigenvalue weighted by Crippen LogP contribution is -2.27. The van der Waals surface area contributed by atoms with Crippen LogP contribution in [0.3, 0.4) is 0 Å². The first-order chi connectivity index (χ1) is 6.57. The summed E-state index contributed by atoms with van der Waals surface area (Å²) >= 11 is 0. The Hall–Kier alpha value is -0.210. The van der Waals surface area contributed by atoms with E-state index in [1.165, 1.54) is 12.8 Å². The monoisotopic (exact) mass is 204 g/mol. The molecule has 0 aromatic carbocycles. The molecule has 0 aromatic heterocycles. The average molecular weight is 204 g/mol. The minimum atomic E-state index is -3.93. The summed E-state index contributed by atoms with van der Waals surface area (Å²) in [6.45, 7) is 0. The molecule has 0 spiro atoms. The van der Waals surface area contributed by atoms with Crippen molar-refractivity contribution in [1.29, 1.82) is 0 Å². The van der Waals surface area contributed by atoms with Gasteiger partial charge in [0.1, 0.15) is 0 Å². The van der Waals surface area contributed by atoms with E-state index in [1.807, 2.05) is 0 Å². The van der Waals surface area contributed by atoms with Crippen LogP contribution in [0.1, 0.15) is 32.1 Å². The van der Waals surface area contributed by atoms with Crippen LogP contribution in [0.5, 0.6) is 0 Å². The second kappa shape index (κ2) is 2.67. The van der Waals surface area contributed by atoms with Crippen LogP contribution in [0.2, 0.25) is 0 Å². The fourth-order valence-electron chi connectivity index (χ4n) is 4.18. The Morgan fingerprint density at radius 3 is 2.07 bits per heavy atom. The standard InChI is InChI=1S/C11H15F3/c12-11(13,14)10-4-3-8-7-2-1-6(7)5-9(8)10/h6-10H,1-5H2/t6?,7?,8?,9?,10-/m0/s1. The Kier molecular flexibility index (Phi) is 1.73. The molecular formula is C11H15F3. The Morgan fingerprint density at radius 2 is 1.50 bits per heavy atom. The van der Waals surface area contributed by atoms with Gasteiger partial charge in [-0.15, -0.1) is 0 Å².